The first-order valence-corrected chi connectivity index (χ1v) is 6.52. The molecule has 1 aromatic rings. The van der Waals surface area contributed by atoms with E-state index in [1.165, 1.54) is 12.0 Å². The molecule has 0 aromatic heterocycles. The standard InChI is InChI=1S/C15H25NO/c1-5-13(11-16-12(2)3)10-14-6-8-15(17-4)9-7-14/h6-9,12-13,16H,5,10-11H2,1-4H3. The van der Waals surface area contributed by atoms with Crippen LogP contribution in [-0.2, 0) is 6.42 Å². The van der Waals surface area contributed by atoms with Gasteiger partial charge in [0.15, 0.2) is 0 Å². The van der Waals surface area contributed by atoms with Crippen LogP contribution in [0.3, 0.4) is 0 Å². The first kappa shape index (κ1) is 14.0. The van der Waals surface area contributed by atoms with Gasteiger partial charge in [-0.05, 0) is 36.6 Å². The van der Waals surface area contributed by atoms with Gasteiger partial charge in [0.1, 0.15) is 5.75 Å². The van der Waals surface area contributed by atoms with Crippen molar-refractivity contribution in [2.24, 2.45) is 5.92 Å². The fraction of sp³-hybridized carbons (Fsp3) is 0.600. The molecule has 0 bridgehead atoms. The third-order valence-electron chi connectivity index (χ3n) is 3.08. The second-order valence-corrected chi connectivity index (χ2v) is 4.89. The zero-order chi connectivity index (χ0) is 12.7. The van der Waals surface area contributed by atoms with Crippen molar-refractivity contribution in [1.82, 2.24) is 5.32 Å². The molecule has 1 unspecified atom stereocenters. The summed E-state index contributed by atoms with van der Waals surface area (Å²) in [5.74, 6) is 1.65. The van der Waals surface area contributed by atoms with Crippen LogP contribution in [0.1, 0.15) is 32.8 Å². The highest BCUT2D eigenvalue weighted by molar-refractivity contribution is 5.27. The normalized spacial score (nSPS) is 12.8. The van der Waals surface area contributed by atoms with E-state index in [9.17, 15) is 0 Å². The van der Waals surface area contributed by atoms with Gasteiger partial charge in [-0.2, -0.15) is 0 Å². The van der Waals surface area contributed by atoms with Crippen molar-refractivity contribution in [3.05, 3.63) is 29.8 Å². The topological polar surface area (TPSA) is 21.3 Å². The Morgan fingerprint density at radius 3 is 2.29 bits per heavy atom. The van der Waals surface area contributed by atoms with E-state index < -0.39 is 0 Å². The van der Waals surface area contributed by atoms with Crippen molar-refractivity contribution in [3.63, 3.8) is 0 Å². The maximum Gasteiger partial charge on any atom is 0.118 e. The largest absolute Gasteiger partial charge is 0.497 e. The SMILES string of the molecule is CCC(CNC(C)C)Cc1ccc(OC)cc1. The maximum absolute atomic E-state index is 5.17. The van der Waals surface area contributed by atoms with Crippen LogP contribution >= 0.6 is 0 Å². The molecule has 2 heteroatoms. The molecule has 0 aliphatic carbocycles. The molecular weight excluding hydrogens is 210 g/mol. The van der Waals surface area contributed by atoms with E-state index >= 15 is 0 Å². The van der Waals surface area contributed by atoms with Gasteiger partial charge in [-0.3, -0.25) is 0 Å². The summed E-state index contributed by atoms with van der Waals surface area (Å²) in [7, 11) is 1.70. The predicted octanol–water partition coefficient (Wildman–Crippen LogP) is 3.26. The lowest BCUT2D eigenvalue weighted by Gasteiger charge is -2.17. The number of hydrogen-bond acceptors (Lipinski definition) is 2. The van der Waals surface area contributed by atoms with Gasteiger partial charge in [-0.1, -0.05) is 39.3 Å². The summed E-state index contributed by atoms with van der Waals surface area (Å²) in [5.41, 5.74) is 1.39. The van der Waals surface area contributed by atoms with Crippen molar-refractivity contribution in [2.45, 2.75) is 39.7 Å². The van der Waals surface area contributed by atoms with E-state index in [-0.39, 0.29) is 0 Å². The molecule has 1 aromatic carbocycles. The summed E-state index contributed by atoms with van der Waals surface area (Å²) in [6.45, 7) is 7.75. The highest BCUT2D eigenvalue weighted by atomic mass is 16.5. The maximum atomic E-state index is 5.17. The Kier molecular flexibility index (Phi) is 6.06. The number of benzene rings is 1. The lowest BCUT2D eigenvalue weighted by molar-refractivity contribution is 0.413. The number of ether oxygens (including phenoxy) is 1. The van der Waals surface area contributed by atoms with Gasteiger partial charge in [-0.25, -0.2) is 0 Å². The monoisotopic (exact) mass is 235 g/mol. The summed E-state index contributed by atoms with van der Waals surface area (Å²) in [4.78, 5) is 0. The first-order valence-electron chi connectivity index (χ1n) is 6.52. The van der Waals surface area contributed by atoms with Crippen LogP contribution in [0.2, 0.25) is 0 Å². The molecule has 0 fully saturated rings. The Morgan fingerprint density at radius 1 is 1.18 bits per heavy atom. The number of nitrogens with one attached hydrogen (secondary N) is 1. The van der Waals surface area contributed by atoms with Gasteiger partial charge in [0.05, 0.1) is 7.11 Å². The highest BCUT2D eigenvalue weighted by Crippen LogP contribution is 2.16. The molecule has 0 heterocycles. The van der Waals surface area contributed by atoms with Crippen LogP contribution in [0.15, 0.2) is 24.3 Å². The molecule has 96 valence electrons. The molecule has 17 heavy (non-hydrogen) atoms. The highest BCUT2D eigenvalue weighted by Gasteiger charge is 2.08. The molecule has 1 N–H and O–H groups in total. The molecule has 0 radical (unpaired) electrons. The zero-order valence-corrected chi connectivity index (χ0v) is 11.5. The van der Waals surface area contributed by atoms with Gasteiger partial charge < -0.3 is 10.1 Å². The van der Waals surface area contributed by atoms with Crippen LogP contribution in [-0.4, -0.2) is 19.7 Å². The summed E-state index contributed by atoms with van der Waals surface area (Å²) in [6, 6.07) is 8.98. The fourth-order valence-electron chi connectivity index (χ4n) is 1.86. The molecule has 0 spiro atoms. The van der Waals surface area contributed by atoms with E-state index in [0.29, 0.717) is 12.0 Å². The van der Waals surface area contributed by atoms with Crippen LogP contribution < -0.4 is 10.1 Å². The smallest absolute Gasteiger partial charge is 0.118 e. The van der Waals surface area contributed by atoms with Crippen molar-refractivity contribution >= 4 is 0 Å². The Bertz CT molecular complexity index is 305. The molecule has 1 atom stereocenters. The van der Waals surface area contributed by atoms with Gasteiger partial charge in [0.25, 0.3) is 0 Å². The van der Waals surface area contributed by atoms with E-state index in [0.717, 1.165) is 18.7 Å². The second kappa shape index (κ2) is 7.33. The van der Waals surface area contributed by atoms with E-state index in [2.05, 4.69) is 38.2 Å². The lowest BCUT2D eigenvalue weighted by atomic mass is 9.96. The first-order chi connectivity index (χ1) is 8.15. The summed E-state index contributed by atoms with van der Waals surface area (Å²) >= 11 is 0. The molecule has 2 nitrogen and oxygen atoms in total. The second-order valence-electron chi connectivity index (χ2n) is 4.89. The number of rotatable bonds is 7. The summed E-state index contributed by atoms with van der Waals surface area (Å²) in [5, 5.41) is 3.51. The molecule has 0 aliphatic rings. The van der Waals surface area contributed by atoms with Crippen LogP contribution in [0.25, 0.3) is 0 Å². The Morgan fingerprint density at radius 2 is 1.82 bits per heavy atom. The van der Waals surface area contributed by atoms with Crippen molar-refractivity contribution in [2.75, 3.05) is 13.7 Å². The van der Waals surface area contributed by atoms with Crippen LogP contribution in [0.4, 0.5) is 0 Å². The van der Waals surface area contributed by atoms with Crippen molar-refractivity contribution in [3.8, 4) is 5.75 Å². The Labute approximate surface area is 105 Å². The average molecular weight is 235 g/mol. The van der Waals surface area contributed by atoms with Crippen molar-refractivity contribution < 1.29 is 4.74 Å². The molecule has 0 amide bonds. The van der Waals surface area contributed by atoms with Crippen LogP contribution in [0, 0.1) is 5.92 Å². The van der Waals surface area contributed by atoms with E-state index in [1.54, 1.807) is 7.11 Å². The predicted molar refractivity (Wildman–Crippen MR) is 73.6 cm³/mol. The lowest BCUT2D eigenvalue weighted by Crippen LogP contribution is -2.29. The fourth-order valence-corrected chi connectivity index (χ4v) is 1.86. The van der Waals surface area contributed by atoms with Gasteiger partial charge in [0, 0.05) is 6.04 Å². The van der Waals surface area contributed by atoms with Crippen molar-refractivity contribution in [1.29, 1.82) is 0 Å². The molecule has 0 saturated carbocycles. The molecule has 0 saturated heterocycles. The zero-order valence-electron chi connectivity index (χ0n) is 11.5. The van der Waals surface area contributed by atoms with Crippen LogP contribution in [0.5, 0.6) is 5.75 Å². The molecular formula is C15H25NO. The molecule has 0 aliphatic heterocycles. The Balaban J connectivity index is 2.48. The van der Waals surface area contributed by atoms with Gasteiger partial charge in [-0.15, -0.1) is 0 Å². The quantitative estimate of drug-likeness (QED) is 0.783. The minimum absolute atomic E-state index is 0.569. The minimum atomic E-state index is 0.569. The molecule has 1 rings (SSSR count). The minimum Gasteiger partial charge on any atom is -0.497 e. The third-order valence-corrected chi connectivity index (χ3v) is 3.08. The Hall–Kier alpha value is -1.02. The summed E-state index contributed by atoms with van der Waals surface area (Å²) in [6.07, 6.45) is 2.35. The average Bonchev–Trinajstić information content (AvgIpc) is 2.35. The third kappa shape index (κ3) is 5.22. The number of hydrogen-bond donors (Lipinski definition) is 1. The van der Waals surface area contributed by atoms with Gasteiger partial charge in [0.2, 0.25) is 0 Å². The summed E-state index contributed by atoms with van der Waals surface area (Å²) < 4.78 is 5.17. The van der Waals surface area contributed by atoms with E-state index in [1.807, 2.05) is 12.1 Å². The number of methoxy groups -OCH3 is 1. The van der Waals surface area contributed by atoms with Gasteiger partial charge >= 0.3 is 0 Å². The van der Waals surface area contributed by atoms with E-state index in [4.69, 9.17) is 4.74 Å².